The first-order chi connectivity index (χ1) is 13.3. The zero-order chi connectivity index (χ0) is 18.2. The highest BCUT2D eigenvalue weighted by molar-refractivity contribution is 5.86. The number of nitrogens with one attached hydrogen (secondary N) is 1. The number of aromatic amines is 1. The van der Waals surface area contributed by atoms with Crippen LogP contribution in [0.1, 0.15) is 23.6 Å². The van der Waals surface area contributed by atoms with Crippen LogP contribution in [0.25, 0.3) is 11.4 Å². The molecule has 4 atom stereocenters. The molecule has 6 nitrogen and oxygen atoms in total. The van der Waals surface area contributed by atoms with Crippen molar-refractivity contribution in [2.24, 2.45) is 5.92 Å². The topological polar surface area (TPSA) is 74.8 Å². The molecule has 0 radical (unpaired) electrons. The molecule has 0 aromatic carbocycles. The summed E-state index contributed by atoms with van der Waals surface area (Å²) in [6, 6.07) is 12.3. The van der Waals surface area contributed by atoms with E-state index in [2.05, 4.69) is 31.1 Å². The van der Waals surface area contributed by atoms with Crippen molar-refractivity contribution in [3.8, 4) is 11.4 Å². The lowest BCUT2D eigenvalue weighted by Crippen LogP contribution is -2.59. The number of hydrogen-bond donors (Lipinski definition) is 1. The molecule has 3 aliphatic rings. The van der Waals surface area contributed by atoms with Gasteiger partial charge in [-0.3, -0.25) is 14.7 Å². The third kappa shape index (κ3) is 2.96. The highest BCUT2D eigenvalue weighted by Gasteiger charge is 2.48. The van der Waals surface area contributed by atoms with E-state index in [-0.39, 0.29) is 17.9 Å². The van der Waals surface area contributed by atoms with Gasteiger partial charge in [-0.25, -0.2) is 0 Å². The van der Waals surface area contributed by atoms with Gasteiger partial charge >= 0.3 is 0 Å². The van der Waals surface area contributed by atoms with Crippen LogP contribution in [0.15, 0.2) is 55.0 Å². The minimum atomic E-state index is 0.0438. The van der Waals surface area contributed by atoms with Gasteiger partial charge in [0.2, 0.25) is 0 Å². The molecule has 3 fully saturated rings. The number of pyridine rings is 1. The van der Waals surface area contributed by atoms with Crippen LogP contribution in [-0.4, -0.2) is 50.0 Å². The molecule has 3 aromatic heterocycles. The van der Waals surface area contributed by atoms with Gasteiger partial charge in [0.05, 0.1) is 17.9 Å². The van der Waals surface area contributed by atoms with E-state index in [9.17, 15) is 4.79 Å². The normalized spacial score (nSPS) is 27.0. The molecular formula is C21H21N5O. The molecule has 0 aliphatic carbocycles. The van der Waals surface area contributed by atoms with Crippen LogP contribution in [0.2, 0.25) is 0 Å². The number of hydrogen-bond acceptors (Lipinski definition) is 5. The maximum atomic E-state index is 12.6. The van der Waals surface area contributed by atoms with Gasteiger partial charge in [-0.15, -0.1) is 5.10 Å². The molecular weight excluding hydrogens is 338 g/mol. The highest BCUT2D eigenvalue weighted by Crippen LogP contribution is 2.42. The molecule has 2 bridgehead atoms. The zero-order valence-corrected chi connectivity index (χ0v) is 15.0. The SMILES string of the molecule is O=C1CN2CCC1C(c1ccc(-c3ccc[nH]3)nn1)C2Cc1cccnc1. The number of nitrogens with zero attached hydrogens (tertiary/aromatic N) is 4. The first kappa shape index (κ1) is 16.3. The fourth-order valence-corrected chi connectivity index (χ4v) is 4.59. The fraction of sp³-hybridized carbons (Fsp3) is 0.333. The number of carbonyl (C=O) groups excluding carboxylic acids is 1. The smallest absolute Gasteiger partial charge is 0.150 e. The van der Waals surface area contributed by atoms with E-state index in [4.69, 9.17) is 0 Å². The number of aromatic nitrogens is 4. The van der Waals surface area contributed by atoms with Crippen molar-refractivity contribution in [3.63, 3.8) is 0 Å². The Hall–Kier alpha value is -2.86. The summed E-state index contributed by atoms with van der Waals surface area (Å²) < 4.78 is 0. The zero-order valence-electron chi connectivity index (χ0n) is 15.0. The third-order valence-electron chi connectivity index (χ3n) is 5.89. The average molecular weight is 359 g/mol. The summed E-state index contributed by atoms with van der Waals surface area (Å²) in [5.74, 6) is 0.469. The van der Waals surface area contributed by atoms with E-state index in [1.807, 2.05) is 42.7 Å². The third-order valence-corrected chi connectivity index (χ3v) is 5.89. The van der Waals surface area contributed by atoms with Crippen molar-refractivity contribution >= 4 is 5.78 Å². The minimum Gasteiger partial charge on any atom is -0.360 e. The van der Waals surface area contributed by atoms with Crippen molar-refractivity contribution in [1.82, 2.24) is 25.1 Å². The van der Waals surface area contributed by atoms with Crippen molar-refractivity contribution in [3.05, 3.63) is 66.2 Å². The van der Waals surface area contributed by atoms with Gasteiger partial charge in [0.1, 0.15) is 5.69 Å². The summed E-state index contributed by atoms with van der Waals surface area (Å²) in [6.45, 7) is 1.53. The molecule has 1 N–H and O–H groups in total. The van der Waals surface area contributed by atoms with Gasteiger partial charge in [0.15, 0.2) is 5.78 Å². The van der Waals surface area contributed by atoms with E-state index >= 15 is 0 Å². The van der Waals surface area contributed by atoms with Crippen LogP contribution >= 0.6 is 0 Å². The Labute approximate surface area is 157 Å². The number of H-pyrrole nitrogens is 1. The number of carbonyl (C=O) groups is 1. The Morgan fingerprint density at radius 2 is 2.11 bits per heavy atom. The Kier molecular flexibility index (Phi) is 4.05. The Bertz CT molecular complexity index is 923. The maximum absolute atomic E-state index is 12.6. The molecule has 3 saturated heterocycles. The number of ketones is 1. The van der Waals surface area contributed by atoms with Crippen LogP contribution < -0.4 is 0 Å². The van der Waals surface area contributed by atoms with Crippen molar-refractivity contribution < 1.29 is 4.79 Å². The predicted molar refractivity (Wildman–Crippen MR) is 101 cm³/mol. The lowest BCUT2D eigenvalue weighted by Gasteiger charge is -2.49. The summed E-state index contributed by atoms with van der Waals surface area (Å²) in [4.78, 5) is 22.3. The average Bonchev–Trinajstić information content (AvgIpc) is 3.25. The summed E-state index contributed by atoms with van der Waals surface area (Å²) in [6.07, 6.45) is 7.38. The molecule has 0 spiro atoms. The first-order valence-electron chi connectivity index (χ1n) is 9.42. The quantitative estimate of drug-likeness (QED) is 0.774. The van der Waals surface area contributed by atoms with Gasteiger partial charge in [-0.05, 0) is 55.3 Å². The van der Waals surface area contributed by atoms with Crippen molar-refractivity contribution in [2.75, 3.05) is 13.1 Å². The molecule has 6 rings (SSSR count). The first-order valence-corrected chi connectivity index (χ1v) is 9.42. The molecule has 0 saturated carbocycles. The van der Waals surface area contributed by atoms with Crippen LogP contribution in [0.4, 0.5) is 0 Å². The summed E-state index contributed by atoms with van der Waals surface area (Å²) in [5, 5.41) is 8.96. The Morgan fingerprint density at radius 3 is 2.81 bits per heavy atom. The summed E-state index contributed by atoms with van der Waals surface area (Å²) >= 11 is 0. The van der Waals surface area contributed by atoms with Crippen molar-refractivity contribution in [1.29, 1.82) is 0 Å². The Balaban J connectivity index is 1.48. The number of piperidine rings is 3. The minimum absolute atomic E-state index is 0.0438. The van der Waals surface area contributed by atoms with Gasteiger partial charge in [0.25, 0.3) is 0 Å². The predicted octanol–water partition coefficient (Wildman–Crippen LogP) is 2.47. The fourth-order valence-electron chi connectivity index (χ4n) is 4.59. The van der Waals surface area contributed by atoms with Gasteiger partial charge in [-0.1, -0.05) is 6.07 Å². The number of rotatable bonds is 4. The van der Waals surface area contributed by atoms with Crippen molar-refractivity contribution in [2.45, 2.75) is 24.8 Å². The van der Waals surface area contributed by atoms with E-state index < -0.39 is 0 Å². The van der Waals surface area contributed by atoms with E-state index in [1.165, 1.54) is 5.56 Å². The van der Waals surface area contributed by atoms with Gasteiger partial charge in [-0.2, -0.15) is 5.10 Å². The Morgan fingerprint density at radius 1 is 1.15 bits per heavy atom. The lowest BCUT2D eigenvalue weighted by molar-refractivity contribution is -0.135. The second kappa shape index (κ2) is 6.70. The molecule has 4 unspecified atom stereocenters. The molecule has 27 heavy (non-hydrogen) atoms. The summed E-state index contributed by atoms with van der Waals surface area (Å²) in [7, 11) is 0. The standard InChI is InChI=1S/C21H21N5O/c27-20-13-26-10-7-15(20)21(19(26)11-14-3-1-8-22-12-14)18-6-5-17(24-25-18)16-4-2-9-23-16/h1-6,8-9,12,15,19,21,23H,7,10-11,13H2. The van der Waals surface area contributed by atoms with Crippen LogP contribution in [0, 0.1) is 5.92 Å². The van der Waals surface area contributed by atoms with Crippen LogP contribution in [0.3, 0.4) is 0 Å². The number of Topliss-reactive ketones (excluding diaryl/α,β-unsaturated/α-hetero) is 1. The van der Waals surface area contributed by atoms with Crippen LogP contribution in [0.5, 0.6) is 0 Å². The lowest BCUT2D eigenvalue weighted by atomic mass is 9.70. The molecule has 3 aliphatic heterocycles. The second-order valence-electron chi connectivity index (χ2n) is 7.42. The molecule has 0 amide bonds. The largest absolute Gasteiger partial charge is 0.360 e. The second-order valence-corrected chi connectivity index (χ2v) is 7.42. The summed E-state index contributed by atoms with van der Waals surface area (Å²) in [5.41, 5.74) is 3.89. The van der Waals surface area contributed by atoms with E-state index in [0.717, 1.165) is 36.5 Å². The molecule has 6 heteroatoms. The van der Waals surface area contributed by atoms with Gasteiger partial charge in [0, 0.05) is 36.5 Å². The van der Waals surface area contributed by atoms with Crippen LogP contribution in [-0.2, 0) is 11.2 Å². The van der Waals surface area contributed by atoms with Gasteiger partial charge < -0.3 is 4.98 Å². The highest BCUT2D eigenvalue weighted by atomic mass is 16.1. The molecule has 136 valence electrons. The monoisotopic (exact) mass is 359 g/mol. The van der Waals surface area contributed by atoms with E-state index in [1.54, 1.807) is 6.20 Å². The maximum Gasteiger partial charge on any atom is 0.150 e. The number of fused-ring (bicyclic) bond motifs is 3. The van der Waals surface area contributed by atoms with E-state index in [0.29, 0.717) is 12.3 Å². The molecule has 3 aromatic rings. The molecule has 6 heterocycles.